The fraction of sp³-hybridized carbons (Fsp3) is 0.500. The summed E-state index contributed by atoms with van der Waals surface area (Å²) in [5.41, 5.74) is 1.93. The first-order valence-corrected chi connectivity index (χ1v) is 7.19. The predicted molar refractivity (Wildman–Crippen MR) is 70.8 cm³/mol. The summed E-state index contributed by atoms with van der Waals surface area (Å²) in [5.74, 6) is 0.365. The van der Waals surface area contributed by atoms with Crippen LogP contribution >= 0.6 is 0 Å². The van der Waals surface area contributed by atoms with Gasteiger partial charge in [0.1, 0.15) is 0 Å². The molecule has 0 spiro atoms. The first-order chi connectivity index (χ1) is 7.38. The Bertz CT molecular complexity index is 399. The topological polar surface area (TPSA) is 60.2 Å². The van der Waals surface area contributed by atoms with Gasteiger partial charge in [0.05, 0.1) is 5.75 Å². The van der Waals surface area contributed by atoms with Crippen LogP contribution in [0.5, 0.6) is 0 Å². The second-order valence-electron chi connectivity index (χ2n) is 3.70. The Labute approximate surface area is 100 Å². The molecule has 0 radical (unpaired) electrons. The van der Waals surface area contributed by atoms with Crippen LogP contribution in [0.3, 0.4) is 0 Å². The summed E-state index contributed by atoms with van der Waals surface area (Å²) in [6.45, 7) is 8.18. The minimum absolute atomic E-state index is 0. The van der Waals surface area contributed by atoms with Gasteiger partial charge in [0.25, 0.3) is 0 Å². The quantitative estimate of drug-likeness (QED) is 0.890. The van der Waals surface area contributed by atoms with Crippen molar-refractivity contribution in [3.63, 3.8) is 0 Å². The highest BCUT2D eigenvalue weighted by Gasteiger charge is 2.05. The number of sulfonamides is 1. The molecule has 0 atom stereocenters. The third-order valence-electron chi connectivity index (χ3n) is 2.01. The van der Waals surface area contributed by atoms with Crippen LogP contribution in [0.1, 0.15) is 46.2 Å². The monoisotopic (exact) mass is 245 g/mol. The Morgan fingerprint density at radius 2 is 1.62 bits per heavy atom. The molecule has 1 rings (SSSR count). The summed E-state index contributed by atoms with van der Waals surface area (Å²) in [6, 6.07) is 7.48. The molecule has 16 heavy (non-hydrogen) atoms. The van der Waals surface area contributed by atoms with Gasteiger partial charge in [-0.3, -0.25) is 0 Å². The van der Waals surface area contributed by atoms with Crippen molar-refractivity contribution in [1.29, 1.82) is 0 Å². The maximum atomic E-state index is 10.8. The SMILES string of the molecule is CC.CC(C)c1ccc(CS(N)(=O)=O)cc1.[HH]. The number of nitrogens with two attached hydrogens (primary N) is 1. The number of hydrogen-bond donors (Lipinski definition) is 1. The van der Waals surface area contributed by atoms with Crippen LogP contribution in [0, 0.1) is 0 Å². The molecule has 0 aliphatic carbocycles. The molecule has 0 aliphatic rings. The molecule has 2 N–H and O–H groups in total. The summed E-state index contributed by atoms with van der Waals surface area (Å²) >= 11 is 0. The first kappa shape index (κ1) is 15.1. The van der Waals surface area contributed by atoms with Crippen LogP contribution in [0.15, 0.2) is 24.3 Å². The second-order valence-corrected chi connectivity index (χ2v) is 5.32. The molecule has 0 unspecified atom stereocenters. The summed E-state index contributed by atoms with van der Waals surface area (Å²) in [5, 5.41) is 4.94. The molecule has 3 nitrogen and oxygen atoms in total. The van der Waals surface area contributed by atoms with Gasteiger partial charge in [0.2, 0.25) is 10.0 Å². The Morgan fingerprint density at radius 3 is 1.94 bits per heavy atom. The molecule has 0 saturated carbocycles. The lowest BCUT2D eigenvalue weighted by Gasteiger charge is -2.05. The van der Waals surface area contributed by atoms with Crippen LogP contribution in [-0.4, -0.2) is 8.42 Å². The number of hydrogen-bond acceptors (Lipinski definition) is 2. The van der Waals surface area contributed by atoms with Gasteiger partial charge < -0.3 is 0 Å². The standard InChI is InChI=1S/C10H15NO2S.C2H6.H2/c1-8(2)10-5-3-9(4-6-10)7-14(11,12)13;1-2;/h3-6,8H,7H2,1-2H3,(H2,11,12,13);1-2H3;1H. The maximum absolute atomic E-state index is 10.8. The molecule has 0 saturated heterocycles. The van der Waals surface area contributed by atoms with E-state index in [9.17, 15) is 8.42 Å². The van der Waals surface area contributed by atoms with E-state index in [1.807, 2.05) is 26.0 Å². The fourth-order valence-corrected chi connectivity index (χ4v) is 1.89. The van der Waals surface area contributed by atoms with E-state index >= 15 is 0 Å². The fourth-order valence-electron chi connectivity index (χ4n) is 1.23. The Kier molecular flexibility index (Phi) is 6.29. The summed E-state index contributed by atoms with van der Waals surface area (Å²) in [4.78, 5) is 0. The van der Waals surface area contributed by atoms with Gasteiger partial charge in [-0.2, -0.15) is 0 Å². The average molecular weight is 245 g/mol. The van der Waals surface area contributed by atoms with Crippen LogP contribution in [-0.2, 0) is 15.8 Å². The lowest BCUT2D eigenvalue weighted by atomic mass is 10.0. The molecule has 0 aromatic heterocycles. The van der Waals surface area contributed by atoms with Crippen molar-refractivity contribution in [2.75, 3.05) is 0 Å². The average Bonchev–Trinajstić information content (AvgIpc) is 2.19. The zero-order valence-corrected chi connectivity index (χ0v) is 11.2. The Hall–Kier alpha value is -0.870. The van der Waals surface area contributed by atoms with Crippen molar-refractivity contribution < 1.29 is 9.84 Å². The van der Waals surface area contributed by atoms with Gasteiger partial charge in [-0.1, -0.05) is 52.0 Å². The molecular formula is C12H23NO2S. The van der Waals surface area contributed by atoms with E-state index in [1.54, 1.807) is 12.1 Å². The minimum atomic E-state index is -3.41. The third kappa shape index (κ3) is 5.88. The van der Waals surface area contributed by atoms with Crippen LogP contribution < -0.4 is 5.14 Å². The number of rotatable bonds is 3. The van der Waals surface area contributed by atoms with Gasteiger partial charge in [0, 0.05) is 1.43 Å². The first-order valence-electron chi connectivity index (χ1n) is 5.48. The highest BCUT2D eigenvalue weighted by molar-refractivity contribution is 7.88. The van der Waals surface area contributed by atoms with Gasteiger partial charge >= 0.3 is 0 Å². The molecule has 0 heterocycles. The van der Waals surface area contributed by atoms with E-state index in [4.69, 9.17) is 5.14 Å². The molecule has 0 aliphatic heterocycles. The largest absolute Gasteiger partial charge is 0.228 e. The lowest BCUT2D eigenvalue weighted by Crippen LogP contribution is -2.14. The van der Waals surface area contributed by atoms with Gasteiger partial charge in [-0.05, 0) is 17.0 Å². The van der Waals surface area contributed by atoms with Crippen LogP contribution in [0.25, 0.3) is 0 Å². The third-order valence-corrected chi connectivity index (χ3v) is 2.75. The predicted octanol–water partition coefficient (Wildman–Crippen LogP) is 2.87. The molecule has 0 fully saturated rings. The van der Waals surface area contributed by atoms with Crippen molar-refractivity contribution in [2.24, 2.45) is 5.14 Å². The van der Waals surface area contributed by atoms with Crippen LogP contribution in [0.2, 0.25) is 0 Å². The Balaban J connectivity index is 0. The van der Waals surface area contributed by atoms with E-state index in [0.717, 1.165) is 5.56 Å². The normalized spacial score (nSPS) is 10.9. The summed E-state index contributed by atoms with van der Waals surface area (Å²) in [6.07, 6.45) is 0. The van der Waals surface area contributed by atoms with Crippen molar-refractivity contribution >= 4 is 10.0 Å². The second kappa shape index (κ2) is 6.66. The van der Waals surface area contributed by atoms with Crippen molar-refractivity contribution in [1.82, 2.24) is 0 Å². The van der Waals surface area contributed by atoms with Gasteiger partial charge in [-0.25, -0.2) is 13.6 Å². The molecule has 0 amide bonds. The molecular weight excluding hydrogens is 222 g/mol. The van der Waals surface area contributed by atoms with Gasteiger partial charge in [-0.15, -0.1) is 0 Å². The van der Waals surface area contributed by atoms with E-state index in [0.29, 0.717) is 5.92 Å². The maximum Gasteiger partial charge on any atom is 0.213 e. The molecule has 0 bridgehead atoms. The highest BCUT2D eigenvalue weighted by atomic mass is 32.2. The smallest absolute Gasteiger partial charge is 0.213 e. The molecule has 94 valence electrons. The Morgan fingerprint density at radius 1 is 1.19 bits per heavy atom. The van der Waals surface area contributed by atoms with E-state index in [2.05, 4.69) is 13.8 Å². The highest BCUT2D eigenvalue weighted by Crippen LogP contribution is 2.15. The zero-order chi connectivity index (χ0) is 12.8. The molecule has 1 aromatic rings. The van der Waals surface area contributed by atoms with Crippen molar-refractivity contribution in [3.05, 3.63) is 35.4 Å². The van der Waals surface area contributed by atoms with E-state index in [-0.39, 0.29) is 7.18 Å². The lowest BCUT2D eigenvalue weighted by molar-refractivity contribution is 0.597. The van der Waals surface area contributed by atoms with Crippen LogP contribution in [0.4, 0.5) is 0 Å². The zero-order valence-electron chi connectivity index (χ0n) is 10.4. The number of primary sulfonamides is 1. The summed E-state index contributed by atoms with van der Waals surface area (Å²) < 4.78 is 21.6. The van der Waals surface area contributed by atoms with Crippen molar-refractivity contribution in [3.8, 4) is 0 Å². The van der Waals surface area contributed by atoms with E-state index < -0.39 is 10.0 Å². The van der Waals surface area contributed by atoms with Gasteiger partial charge in [0.15, 0.2) is 0 Å². The van der Waals surface area contributed by atoms with Crippen molar-refractivity contribution in [2.45, 2.75) is 39.4 Å². The molecule has 1 aromatic carbocycles. The summed E-state index contributed by atoms with van der Waals surface area (Å²) in [7, 11) is -3.41. The number of benzene rings is 1. The molecule has 4 heteroatoms. The minimum Gasteiger partial charge on any atom is -0.228 e. The van der Waals surface area contributed by atoms with E-state index in [1.165, 1.54) is 5.56 Å².